The van der Waals surface area contributed by atoms with Crippen LogP contribution in [0.2, 0.25) is 0 Å². The normalized spacial score (nSPS) is 28.8. The number of fused-ring (bicyclic) bond motifs is 2. The summed E-state index contributed by atoms with van der Waals surface area (Å²) in [7, 11) is 3.73. The minimum atomic E-state index is -0.784. The first-order chi connectivity index (χ1) is 13.3. The van der Waals surface area contributed by atoms with E-state index in [2.05, 4.69) is 15.0 Å². The van der Waals surface area contributed by atoms with Gasteiger partial charge in [-0.1, -0.05) is 6.92 Å². The monoisotopic (exact) mass is 387 g/mol. The summed E-state index contributed by atoms with van der Waals surface area (Å²) in [4.78, 5) is 29.1. The van der Waals surface area contributed by atoms with Crippen LogP contribution in [-0.4, -0.2) is 63.0 Å². The third-order valence-electron chi connectivity index (χ3n) is 5.68. The maximum Gasteiger partial charge on any atom is 0.351 e. The lowest BCUT2D eigenvalue weighted by Gasteiger charge is -2.37. The number of aryl methyl sites for hydroxylation is 1. The molecule has 0 unspecified atom stereocenters. The predicted octanol–water partition coefficient (Wildman–Crippen LogP) is -0.0828. The topological polar surface area (TPSA) is 123 Å². The molecule has 0 radical (unpaired) electrons. The molecule has 4 rings (SSSR count). The highest BCUT2D eigenvalue weighted by molar-refractivity contribution is 5.49. The Labute approximate surface area is 162 Å². The number of aliphatic hydroxyl groups is 1. The van der Waals surface area contributed by atoms with Crippen LogP contribution in [0.1, 0.15) is 25.1 Å². The maximum atomic E-state index is 12.5. The van der Waals surface area contributed by atoms with Crippen molar-refractivity contribution in [1.29, 1.82) is 0 Å². The van der Waals surface area contributed by atoms with Gasteiger partial charge >= 0.3 is 5.69 Å². The molecule has 2 aromatic heterocycles. The van der Waals surface area contributed by atoms with E-state index in [1.807, 2.05) is 30.8 Å². The average Bonchev–Trinajstić information content (AvgIpc) is 3.12. The first-order valence-corrected chi connectivity index (χ1v) is 9.25. The van der Waals surface area contributed by atoms with Crippen molar-refractivity contribution >= 4 is 17.6 Å². The number of hydrogen-bond acceptors (Lipinski definition) is 9. The van der Waals surface area contributed by atoms with Gasteiger partial charge in [0.2, 0.25) is 5.95 Å². The van der Waals surface area contributed by atoms with Crippen molar-refractivity contribution in [3.05, 3.63) is 34.5 Å². The summed E-state index contributed by atoms with van der Waals surface area (Å²) in [5.74, 6) is 1.44. The molecule has 4 heterocycles. The smallest absolute Gasteiger partial charge is 0.351 e. The fourth-order valence-corrected chi connectivity index (χ4v) is 4.03. The highest BCUT2D eigenvalue weighted by Crippen LogP contribution is 2.49. The third-order valence-corrected chi connectivity index (χ3v) is 5.68. The van der Waals surface area contributed by atoms with Crippen LogP contribution in [0.4, 0.5) is 17.6 Å². The summed E-state index contributed by atoms with van der Waals surface area (Å²) in [6.07, 6.45) is 2.45. The summed E-state index contributed by atoms with van der Waals surface area (Å²) < 4.78 is 7.65. The first kappa shape index (κ1) is 18.6. The Bertz CT molecular complexity index is 962. The molecule has 0 aliphatic carbocycles. The van der Waals surface area contributed by atoms with Gasteiger partial charge in [-0.15, -0.1) is 0 Å². The van der Waals surface area contributed by atoms with Gasteiger partial charge in [-0.3, -0.25) is 4.57 Å². The Hall–Kier alpha value is -2.72. The number of aromatic nitrogens is 4. The molecule has 3 N–H and O–H groups in total. The zero-order valence-corrected chi connectivity index (χ0v) is 16.4. The maximum absolute atomic E-state index is 12.5. The average molecular weight is 387 g/mol. The van der Waals surface area contributed by atoms with Gasteiger partial charge in [0.05, 0.1) is 6.54 Å². The molecule has 2 aliphatic heterocycles. The molecular formula is C18H25N7O3. The van der Waals surface area contributed by atoms with Crippen molar-refractivity contribution in [2.75, 3.05) is 36.2 Å². The van der Waals surface area contributed by atoms with E-state index < -0.39 is 29.7 Å². The first-order valence-electron chi connectivity index (χ1n) is 9.25. The number of ether oxygens (including phenoxy) is 1. The van der Waals surface area contributed by atoms with Gasteiger partial charge < -0.3 is 25.4 Å². The number of morpholine rings is 1. The molecule has 2 saturated heterocycles. The van der Waals surface area contributed by atoms with Crippen LogP contribution in [0.25, 0.3) is 0 Å². The fraction of sp³-hybridized carbons (Fsp3) is 0.556. The Morgan fingerprint density at radius 3 is 2.82 bits per heavy atom. The minimum Gasteiger partial charge on any atom is -0.388 e. The standard InChI is InChI=1S/C18H25N7O3/c1-5-18-9-25(11-6-7-20-16(21-11)23(3)4)12(13(18)26)15(28-18)24-8-10(2)14(19)22-17(24)27/h6-8,12-13,15,26H,5,9H2,1-4H3,(H2,19,22,27)/t12-,13+,15-,18+/m1/s1. The van der Waals surface area contributed by atoms with E-state index in [-0.39, 0.29) is 5.82 Å². The van der Waals surface area contributed by atoms with Crippen LogP contribution in [0.15, 0.2) is 23.3 Å². The van der Waals surface area contributed by atoms with Crippen LogP contribution in [0.5, 0.6) is 0 Å². The summed E-state index contributed by atoms with van der Waals surface area (Å²) in [5.41, 5.74) is 5.15. The molecule has 2 aromatic rings. The number of rotatable bonds is 4. The highest BCUT2D eigenvalue weighted by Gasteiger charge is 2.63. The molecule has 0 amide bonds. The zero-order valence-electron chi connectivity index (χ0n) is 16.4. The van der Waals surface area contributed by atoms with E-state index in [0.717, 1.165) is 0 Å². The van der Waals surface area contributed by atoms with Gasteiger partial charge in [0.1, 0.15) is 29.4 Å². The summed E-state index contributed by atoms with van der Waals surface area (Å²) in [6.45, 7) is 4.22. The van der Waals surface area contributed by atoms with E-state index in [0.29, 0.717) is 30.3 Å². The Morgan fingerprint density at radius 1 is 1.43 bits per heavy atom. The molecule has 2 bridgehead atoms. The van der Waals surface area contributed by atoms with Gasteiger partial charge in [-0.05, 0) is 19.4 Å². The van der Waals surface area contributed by atoms with Crippen LogP contribution in [0, 0.1) is 6.92 Å². The summed E-state index contributed by atoms with van der Waals surface area (Å²) in [5, 5.41) is 11.1. The van der Waals surface area contributed by atoms with Crippen LogP contribution >= 0.6 is 0 Å². The van der Waals surface area contributed by atoms with E-state index in [1.165, 1.54) is 4.57 Å². The Morgan fingerprint density at radius 2 is 2.18 bits per heavy atom. The number of hydrogen-bond donors (Lipinski definition) is 2. The zero-order chi connectivity index (χ0) is 20.2. The van der Waals surface area contributed by atoms with Crippen molar-refractivity contribution in [2.24, 2.45) is 0 Å². The molecule has 0 spiro atoms. The van der Waals surface area contributed by atoms with Crippen molar-refractivity contribution in [1.82, 2.24) is 19.5 Å². The summed E-state index contributed by atoms with van der Waals surface area (Å²) in [6, 6.07) is 1.32. The molecule has 150 valence electrons. The van der Waals surface area contributed by atoms with Crippen LogP contribution < -0.4 is 21.2 Å². The Balaban J connectivity index is 1.79. The Kier molecular flexibility index (Phi) is 4.27. The summed E-state index contributed by atoms with van der Waals surface area (Å²) >= 11 is 0. The van der Waals surface area contributed by atoms with Gasteiger partial charge in [0, 0.05) is 32.1 Å². The van der Waals surface area contributed by atoms with Gasteiger partial charge in [-0.25, -0.2) is 9.78 Å². The molecule has 10 heteroatoms. The van der Waals surface area contributed by atoms with Crippen LogP contribution in [-0.2, 0) is 4.74 Å². The fourth-order valence-electron chi connectivity index (χ4n) is 4.03. The lowest BCUT2D eigenvalue weighted by molar-refractivity contribution is -0.106. The molecule has 2 aliphatic rings. The molecule has 28 heavy (non-hydrogen) atoms. The van der Waals surface area contributed by atoms with Crippen molar-refractivity contribution < 1.29 is 9.84 Å². The van der Waals surface area contributed by atoms with Gasteiger partial charge in [0.25, 0.3) is 0 Å². The quantitative estimate of drug-likeness (QED) is 0.741. The molecule has 0 aromatic carbocycles. The number of nitrogens with two attached hydrogens (primary N) is 1. The number of nitrogens with zero attached hydrogens (tertiary/aromatic N) is 6. The van der Waals surface area contributed by atoms with Gasteiger partial charge in [0.15, 0.2) is 6.23 Å². The minimum absolute atomic E-state index is 0.193. The molecule has 2 fully saturated rings. The van der Waals surface area contributed by atoms with Gasteiger partial charge in [-0.2, -0.15) is 9.97 Å². The second kappa shape index (κ2) is 6.42. The second-order valence-corrected chi connectivity index (χ2v) is 7.60. The lowest BCUT2D eigenvalue weighted by atomic mass is 9.96. The number of nitrogen functional groups attached to an aromatic ring is 1. The number of anilines is 3. The molecular weight excluding hydrogens is 362 g/mol. The van der Waals surface area contributed by atoms with Crippen molar-refractivity contribution in [3.63, 3.8) is 0 Å². The molecule has 10 nitrogen and oxygen atoms in total. The third kappa shape index (κ3) is 2.63. The largest absolute Gasteiger partial charge is 0.388 e. The van der Waals surface area contributed by atoms with E-state index in [4.69, 9.17) is 10.5 Å². The lowest BCUT2D eigenvalue weighted by Crippen LogP contribution is -2.48. The molecule has 0 saturated carbocycles. The number of aliphatic hydroxyl groups excluding tert-OH is 1. The highest BCUT2D eigenvalue weighted by atomic mass is 16.6. The van der Waals surface area contributed by atoms with E-state index in [9.17, 15) is 9.90 Å². The van der Waals surface area contributed by atoms with Crippen molar-refractivity contribution in [2.45, 2.75) is 44.2 Å². The van der Waals surface area contributed by atoms with Crippen molar-refractivity contribution in [3.8, 4) is 0 Å². The van der Waals surface area contributed by atoms with E-state index in [1.54, 1.807) is 25.4 Å². The SMILES string of the molecule is CC[C@@]12CN(c3ccnc(N(C)C)n3)[C@@H]([C@H](n3cc(C)c(N)nc3=O)O1)[C@@H]2O. The predicted molar refractivity (Wildman–Crippen MR) is 104 cm³/mol. The van der Waals surface area contributed by atoms with E-state index >= 15 is 0 Å². The second-order valence-electron chi connectivity index (χ2n) is 7.60. The van der Waals surface area contributed by atoms with Crippen LogP contribution in [0.3, 0.4) is 0 Å². The molecule has 4 atom stereocenters.